The summed E-state index contributed by atoms with van der Waals surface area (Å²) in [4.78, 5) is 27.7. The van der Waals surface area contributed by atoms with E-state index < -0.39 is 20.9 Å². The fourth-order valence-electron chi connectivity index (χ4n) is 2.66. The number of benzene rings is 2. The Hall–Kier alpha value is -3.89. The topological polar surface area (TPSA) is 175 Å². The standard InChI is InChI=1S/C18H14N8O5S3/c1-25-18(21-23-24-25)33-15-7-2-11(10-14(15)26(28)29)16(27)20-12-3-5-13(6-4-12)34(30,31)22-17-19-8-9-32-17/h2-10H,1H3,(H,19,22)(H,20,27). The summed E-state index contributed by atoms with van der Waals surface area (Å²) >= 11 is 2.13. The first-order chi connectivity index (χ1) is 16.2. The maximum atomic E-state index is 12.7. The quantitative estimate of drug-likeness (QED) is 0.260. The Morgan fingerprint density at radius 1 is 1.21 bits per heavy atom. The summed E-state index contributed by atoms with van der Waals surface area (Å²) in [6, 6.07) is 9.49. The molecule has 0 atom stereocenters. The number of amides is 1. The molecule has 0 bridgehead atoms. The Morgan fingerprint density at radius 3 is 2.59 bits per heavy atom. The molecule has 0 fully saturated rings. The average molecular weight is 519 g/mol. The molecule has 4 aromatic rings. The number of anilines is 2. The van der Waals surface area contributed by atoms with Gasteiger partial charge in [-0.15, -0.1) is 16.4 Å². The number of nitrogens with zero attached hydrogens (tertiary/aromatic N) is 6. The fourth-order valence-corrected chi connectivity index (χ4v) is 5.27. The molecule has 0 saturated carbocycles. The van der Waals surface area contributed by atoms with Gasteiger partial charge in [0.15, 0.2) is 5.13 Å². The Labute approximate surface area is 200 Å². The van der Waals surface area contributed by atoms with Crippen LogP contribution in [0.1, 0.15) is 10.4 Å². The minimum absolute atomic E-state index is 0.0176. The van der Waals surface area contributed by atoms with Crippen LogP contribution in [0.4, 0.5) is 16.5 Å². The van der Waals surface area contributed by atoms with E-state index >= 15 is 0 Å². The van der Waals surface area contributed by atoms with E-state index in [4.69, 9.17) is 0 Å². The maximum Gasteiger partial charge on any atom is 0.284 e. The second-order valence-electron chi connectivity index (χ2n) is 6.55. The van der Waals surface area contributed by atoms with Crippen LogP contribution in [0, 0.1) is 10.1 Å². The van der Waals surface area contributed by atoms with Gasteiger partial charge in [0.2, 0.25) is 5.16 Å². The highest BCUT2D eigenvalue weighted by Crippen LogP contribution is 2.34. The number of carbonyl (C=O) groups excluding carboxylic acids is 1. The third-order valence-electron chi connectivity index (χ3n) is 4.28. The number of rotatable bonds is 8. The molecule has 2 heterocycles. The van der Waals surface area contributed by atoms with Crippen molar-refractivity contribution < 1.29 is 18.1 Å². The molecule has 34 heavy (non-hydrogen) atoms. The van der Waals surface area contributed by atoms with E-state index in [9.17, 15) is 23.3 Å². The van der Waals surface area contributed by atoms with Crippen LogP contribution in [-0.4, -0.2) is 44.4 Å². The highest BCUT2D eigenvalue weighted by atomic mass is 32.2. The molecule has 2 aromatic carbocycles. The van der Waals surface area contributed by atoms with Crippen LogP contribution in [0.25, 0.3) is 0 Å². The first-order valence-electron chi connectivity index (χ1n) is 9.25. The molecule has 0 aliphatic heterocycles. The van der Waals surface area contributed by atoms with Crippen molar-refractivity contribution in [1.29, 1.82) is 0 Å². The summed E-state index contributed by atoms with van der Waals surface area (Å²) in [5, 5.41) is 27.3. The number of aryl methyl sites for hydroxylation is 1. The lowest BCUT2D eigenvalue weighted by Crippen LogP contribution is -2.14. The smallest absolute Gasteiger partial charge is 0.284 e. The number of aromatic nitrogens is 5. The Bertz CT molecular complexity index is 1450. The monoisotopic (exact) mass is 518 g/mol. The van der Waals surface area contributed by atoms with Gasteiger partial charge in [0.1, 0.15) is 0 Å². The van der Waals surface area contributed by atoms with Gasteiger partial charge in [-0.1, -0.05) is 0 Å². The van der Waals surface area contributed by atoms with Gasteiger partial charge < -0.3 is 5.32 Å². The lowest BCUT2D eigenvalue weighted by Gasteiger charge is -2.09. The van der Waals surface area contributed by atoms with Crippen LogP contribution in [0.15, 0.2) is 69.0 Å². The van der Waals surface area contributed by atoms with Crippen LogP contribution < -0.4 is 10.0 Å². The average Bonchev–Trinajstić information content (AvgIpc) is 3.45. The van der Waals surface area contributed by atoms with E-state index in [-0.39, 0.29) is 26.2 Å². The molecule has 0 aliphatic carbocycles. The first-order valence-corrected chi connectivity index (χ1v) is 12.4. The molecule has 0 spiro atoms. The molecule has 174 valence electrons. The summed E-state index contributed by atoms with van der Waals surface area (Å²) in [7, 11) is -2.23. The maximum absolute atomic E-state index is 12.7. The van der Waals surface area contributed by atoms with Gasteiger partial charge in [-0.25, -0.2) is 18.1 Å². The summed E-state index contributed by atoms with van der Waals surface area (Å²) in [5.74, 6) is -0.600. The molecule has 0 radical (unpaired) electrons. The van der Waals surface area contributed by atoms with Crippen molar-refractivity contribution in [3.05, 3.63) is 69.7 Å². The first kappa shape index (κ1) is 23.3. The van der Waals surface area contributed by atoms with Crippen molar-refractivity contribution in [2.24, 2.45) is 7.05 Å². The molecule has 0 unspecified atom stereocenters. The Balaban J connectivity index is 1.49. The van der Waals surface area contributed by atoms with Gasteiger partial charge in [0, 0.05) is 35.9 Å². The van der Waals surface area contributed by atoms with Gasteiger partial charge in [0.25, 0.3) is 21.6 Å². The van der Waals surface area contributed by atoms with E-state index in [0.717, 1.165) is 29.2 Å². The zero-order valence-corrected chi connectivity index (χ0v) is 19.6. The van der Waals surface area contributed by atoms with Gasteiger partial charge in [-0.05, 0) is 58.6 Å². The lowest BCUT2D eigenvalue weighted by atomic mass is 10.2. The predicted octanol–water partition coefficient (Wildman–Crippen LogP) is 2.78. The highest BCUT2D eigenvalue weighted by molar-refractivity contribution is 7.99. The number of hydrogen-bond acceptors (Lipinski definition) is 11. The van der Waals surface area contributed by atoms with Crippen LogP contribution in [-0.2, 0) is 17.1 Å². The van der Waals surface area contributed by atoms with Crippen molar-refractivity contribution >= 4 is 55.5 Å². The van der Waals surface area contributed by atoms with Gasteiger partial charge in [-0.3, -0.25) is 19.6 Å². The largest absolute Gasteiger partial charge is 0.322 e. The molecule has 0 saturated heterocycles. The molecule has 4 rings (SSSR count). The zero-order valence-electron chi connectivity index (χ0n) is 17.1. The lowest BCUT2D eigenvalue weighted by molar-refractivity contribution is -0.387. The Kier molecular flexibility index (Phi) is 6.53. The van der Waals surface area contributed by atoms with E-state index in [1.807, 2.05) is 0 Å². The zero-order chi connectivity index (χ0) is 24.3. The summed E-state index contributed by atoms with van der Waals surface area (Å²) in [6.45, 7) is 0. The minimum Gasteiger partial charge on any atom is -0.322 e. The molecular weight excluding hydrogens is 504 g/mol. The number of carbonyl (C=O) groups is 1. The number of sulfonamides is 1. The van der Waals surface area contributed by atoms with Gasteiger partial charge in [0.05, 0.1) is 14.7 Å². The van der Waals surface area contributed by atoms with Crippen LogP contribution in [0.5, 0.6) is 0 Å². The number of hydrogen-bond donors (Lipinski definition) is 2. The van der Waals surface area contributed by atoms with Crippen molar-refractivity contribution in [1.82, 2.24) is 25.2 Å². The predicted molar refractivity (Wildman–Crippen MR) is 123 cm³/mol. The van der Waals surface area contributed by atoms with Crippen molar-refractivity contribution in [2.75, 3.05) is 10.0 Å². The number of thiazole rings is 1. The molecule has 16 heteroatoms. The van der Waals surface area contributed by atoms with Crippen LogP contribution in [0.3, 0.4) is 0 Å². The van der Waals surface area contributed by atoms with E-state index in [1.54, 1.807) is 12.4 Å². The minimum atomic E-state index is -3.83. The summed E-state index contributed by atoms with van der Waals surface area (Å²) in [5.41, 5.74) is 0.0779. The third-order valence-corrected chi connectivity index (χ3v) is 7.54. The van der Waals surface area contributed by atoms with Crippen LogP contribution in [0.2, 0.25) is 0 Å². The van der Waals surface area contributed by atoms with Crippen LogP contribution >= 0.6 is 23.1 Å². The Morgan fingerprint density at radius 2 is 1.97 bits per heavy atom. The van der Waals surface area contributed by atoms with E-state index in [2.05, 4.69) is 30.5 Å². The third kappa shape index (κ3) is 5.19. The number of nitrogens with one attached hydrogen (secondary N) is 2. The molecular formula is C18H14N8O5S3. The summed E-state index contributed by atoms with van der Waals surface area (Å²) in [6.07, 6.45) is 1.48. The van der Waals surface area contributed by atoms with E-state index in [1.165, 1.54) is 47.3 Å². The van der Waals surface area contributed by atoms with Crippen molar-refractivity contribution in [2.45, 2.75) is 14.9 Å². The second-order valence-corrected chi connectivity index (χ2v) is 10.1. The highest BCUT2D eigenvalue weighted by Gasteiger charge is 2.21. The molecule has 13 nitrogen and oxygen atoms in total. The molecule has 2 N–H and O–H groups in total. The van der Waals surface area contributed by atoms with E-state index in [0.29, 0.717) is 10.8 Å². The molecule has 0 aliphatic rings. The second kappa shape index (κ2) is 9.54. The van der Waals surface area contributed by atoms with Gasteiger partial charge >= 0.3 is 0 Å². The van der Waals surface area contributed by atoms with Crippen molar-refractivity contribution in [3.63, 3.8) is 0 Å². The number of tetrazole rings is 1. The molecule has 1 amide bonds. The normalized spacial score (nSPS) is 11.2. The summed E-state index contributed by atoms with van der Waals surface area (Å²) < 4.78 is 28.5. The van der Waals surface area contributed by atoms with Crippen molar-refractivity contribution in [3.8, 4) is 0 Å². The number of nitro groups is 1. The number of nitro benzene ring substituents is 1. The SMILES string of the molecule is Cn1nnnc1Sc1ccc(C(=O)Nc2ccc(S(=O)(=O)Nc3nccs3)cc2)cc1[N+](=O)[O-]. The van der Waals surface area contributed by atoms with Gasteiger partial charge in [-0.2, -0.15) is 0 Å². The molecule has 2 aromatic heterocycles. The fraction of sp³-hybridized carbons (Fsp3) is 0.0556.